The van der Waals surface area contributed by atoms with Crippen molar-refractivity contribution in [2.24, 2.45) is 0 Å². The maximum atomic E-state index is 3.50. The molecular formula is C17H25. The van der Waals surface area contributed by atoms with Gasteiger partial charge in [0.1, 0.15) is 0 Å². The Morgan fingerprint density at radius 1 is 0.824 bits per heavy atom. The van der Waals surface area contributed by atoms with E-state index in [9.17, 15) is 0 Å². The van der Waals surface area contributed by atoms with Crippen molar-refractivity contribution in [3.8, 4) is 0 Å². The highest BCUT2D eigenvalue weighted by atomic mass is 14.1. The Morgan fingerprint density at radius 3 is 1.76 bits per heavy atom. The average Bonchev–Trinajstić information content (AvgIpc) is 2.33. The lowest BCUT2D eigenvalue weighted by Gasteiger charge is -2.16. The van der Waals surface area contributed by atoms with E-state index in [-0.39, 0.29) is 0 Å². The minimum Gasteiger partial charge on any atom is -0.0760 e. The molecule has 0 fully saturated rings. The lowest BCUT2D eigenvalue weighted by Crippen LogP contribution is -1.99. The van der Waals surface area contributed by atoms with Crippen LogP contribution in [0.25, 0.3) is 0 Å². The normalized spacial score (nSPS) is 11.4. The monoisotopic (exact) mass is 229 g/mol. The molecule has 0 heterocycles. The Labute approximate surface area is 107 Å². The van der Waals surface area contributed by atoms with Crippen molar-refractivity contribution in [2.45, 2.75) is 60.8 Å². The van der Waals surface area contributed by atoms with Crippen molar-refractivity contribution >= 4 is 0 Å². The molecule has 0 atom stereocenters. The van der Waals surface area contributed by atoms with E-state index in [0.717, 1.165) is 6.42 Å². The summed E-state index contributed by atoms with van der Waals surface area (Å²) in [4.78, 5) is 0. The van der Waals surface area contributed by atoms with Gasteiger partial charge in [0.2, 0.25) is 0 Å². The molecule has 0 unspecified atom stereocenters. The molecule has 1 rings (SSSR count). The number of rotatable bonds is 4. The highest BCUT2D eigenvalue weighted by molar-refractivity contribution is 5.51. The van der Waals surface area contributed by atoms with Gasteiger partial charge in [-0.1, -0.05) is 25.8 Å². The molecule has 93 valence electrons. The maximum Gasteiger partial charge on any atom is -0.0117 e. The first kappa shape index (κ1) is 14.0. The van der Waals surface area contributed by atoms with Crippen LogP contribution in [-0.4, -0.2) is 0 Å². The lowest BCUT2D eigenvalue weighted by atomic mass is 9.89. The lowest BCUT2D eigenvalue weighted by molar-refractivity contribution is 0.813. The van der Waals surface area contributed by atoms with Crippen LogP contribution in [0.1, 0.15) is 59.6 Å². The van der Waals surface area contributed by atoms with Crippen molar-refractivity contribution in [3.63, 3.8) is 0 Å². The van der Waals surface area contributed by atoms with Crippen LogP contribution in [0.3, 0.4) is 0 Å². The first-order chi connectivity index (χ1) is 8.00. The molecule has 0 nitrogen and oxygen atoms in total. The van der Waals surface area contributed by atoms with Crippen LogP contribution in [0, 0.1) is 40.7 Å². The van der Waals surface area contributed by atoms with Crippen molar-refractivity contribution in [1.29, 1.82) is 0 Å². The molecule has 0 heteroatoms. The standard InChI is InChI=1S/C17H25/c1-7-8-9-10-11-17-15(5)13(3)12(2)14(4)16(17)6/h10H,7-9H2,1-6H3. The van der Waals surface area contributed by atoms with Crippen LogP contribution in [0.5, 0.6) is 0 Å². The fourth-order valence-electron chi connectivity index (χ4n) is 2.20. The van der Waals surface area contributed by atoms with Crippen LogP contribution in [0.2, 0.25) is 0 Å². The molecule has 0 aliphatic rings. The third-order valence-corrected chi connectivity index (χ3v) is 3.95. The smallest absolute Gasteiger partial charge is 0.0117 e. The third kappa shape index (κ3) is 3.00. The van der Waals surface area contributed by atoms with Gasteiger partial charge in [-0.15, -0.1) is 0 Å². The summed E-state index contributed by atoms with van der Waals surface area (Å²) in [6.45, 7) is 13.3. The van der Waals surface area contributed by atoms with Crippen molar-refractivity contribution in [3.05, 3.63) is 45.5 Å². The van der Waals surface area contributed by atoms with Crippen LogP contribution >= 0.6 is 0 Å². The molecule has 17 heavy (non-hydrogen) atoms. The molecule has 0 saturated heterocycles. The van der Waals surface area contributed by atoms with Crippen LogP contribution in [0.4, 0.5) is 0 Å². The summed E-state index contributed by atoms with van der Waals surface area (Å²) in [6, 6.07) is 0. The van der Waals surface area contributed by atoms with Gasteiger partial charge in [0.25, 0.3) is 0 Å². The Balaban J connectivity index is 3.12. The topological polar surface area (TPSA) is 0 Å². The molecule has 1 aromatic rings. The zero-order chi connectivity index (χ0) is 13.0. The molecule has 1 aromatic carbocycles. The molecule has 0 N–H and O–H groups in total. The number of allylic oxidation sites excluding steroid dienone is 1. The van der Waals surface area contributed by atoms with Gasteiger partial charge < -0.3 is 0 Å². The second-order valence-corrected chi connectivity index (χ2v) is 4.99. The van der Waals surface area contributed by atoms with Crippen LogP contribution in [0.15, 0.2) is 6.08 Å². The quantitative estimate of drug-likeness (QED) is 0.628. The Kier molecular flexibility index (Phi) is 4.99. The van der Waals surface area contributed by atoms with Gasteiger partial charge in [-0.2, -0.15) is 0 Å². The molecule has 0 bridgehead atoms. The second kappa shape index (κ2) is 6.05. The van der Waals surface area contributed by atoms with E-state index in [1.54, 1.807) is 0 Å². The summed E-state index contributed by atoms with van der Waals surface area (Å²) in [5.74, 6) is 0. The van der Waals surface area contributed by atoms with Gasteiger partial charge in [-0.3, -0.25) is 0 Å². The zero-order valence-corrected chi connectivity index (χ0v) is 12.2. The van der Waals surface area contributed by atoms with Crippen molar-refractivity contribution < 1.29 is 0 Å². The van der Waals surface area contributed by atoms with Gasteiger partial charge in [-0.05, 0) is 80.5 Å². The summed E-state index contributed by atoms with van der Waals surface area (Å²) in [6.07, 6.45) is 9.35. The first-order valence-electron chi connectivity index (χ1n) is 6.65. The Morgan fingerprint density at radius 2 is 1.29 bits per heavy atom. The van der Waals surface area contributed by atoms with Crippen LogP contribution < -0.4 is 0 Å². The summed E-state index contributed by atoms with van der Waals surface area (Å²) >= 11 is 0. The predicted molar refractivity (Wildman–Crippen MR) is 76.6 cm³/mol. The first-order valence-corrected chi connectivity index (χ1v) is 6.65. The van der Waals surface area contributed by atoms with Gasteiger partial charge in [0.15, 0.2) is 0 Å². The number of hydrogen-bond acceptors (Lipinski definition) is 0. The van der Waals surface area contributed by atoms with Crippen molar-refractivity contribution in [1.82, 2.24) is 0 Å². The largest absolute Gasteiger partial charge is 0.0760 e. The zero-order valence-electron chi connectivity index (χ0n) is 12.2. The Bertz CT molecular complexity index is 393. The average molecular weight is 229 g/mol. The molecular weight excluding hydrogens is 204 g/mol. The molecule has 0 aliphatic carbocycles. The van der Waals surface area contributed by atoms with E-state index in [0.29, 0.717) is 0 Å². The van der Waals surface area contributed by atoms with E-state index in [1.807, 2.05) is 0 Å². The minimum absolute atomic E-state index is 1.14. The van der Waals surface area contributed by atoms with Gasteiger partial charge in [0, 0.05) is 0 Å². The fourth-order valence-corrected chi connectivity index (χ4v) is 2.20. The maximum absolute atomic E-state index is 3.50. The second-order valence-electron chi connectivity index (χ2n) is 4.99. The van der Waals surface area contributed by atoms with E-state index >= 15 is 0 Å². The van der Waals surface area contributed by atoms with E-state index in [2.05, 4.69) is 53.7 Å². The van der Waals surface area contributed by atoms with Crippen LogP contribution in [-0.2, 0) is 0 Å². The van der Waals surface area contributed by atoms with E-state index < -0.39 is 0 Å². The number of benzene rings is 1. The SMILES string of the molecule is CCCC/C=[C]\c1c(C)c(C)c(C)c(C)c1C. The van der Waals surface area contributed by atoms with Gasteiger partial charge in [0.05, 0.1) is 0 Å². The minimum atomic E-state index is 1.14. The summed E-state index contributed by atoms with van der Waals surface area (Å²) in [5, 5.41) is 0. The molecule has 1 radical (unpaired) electrons. The predicted octanol–water partition coefficient (Wildman–Crippen LogP) is 5.13. The third-order valence-electron chi connectivity index (χ3n) is 3.95. The summed E-state index contributed by atoms with van der Waals surface area (Å²) in [7, 11) is 0. The molecule has 0 saturated carbocycles. The Hall–Kier alpha value is -1.04. The fraction of sp³-hybridized carbons (Fsp3) is 0.529. The van der Waals surface area contributed by atoms with Gasteiger partial charge in [-0.25, -0.2) is 0 Å². The van der Waals surface area contributed by atoms with E-state index in [1.165, 1.54) is 46.2 Å². The molecule has 0 aliphatic heterocycles. The number of hydrogen-bond donors (Lipinski definition) is 0. The molecule has 0 aromatic heterocycles. The van der Waals surface area contributed by atoms with E-state index in [4.69, 9.17) is 0 Å². The highest BCUT2D eigenvalue weighted by Crippen LogP contribution is 2.26. The summed E-state index contributed by atoms with van der Waals surface area (Å²) in [5.41, 5.74) is 8.34. The highest BCUT2D eigenvalue weighted by Gasteiger charge is 2.09. The molecule has 0 spiro atoms. The van der Waals surface area contributed by atoms with Crippen molar-refractivity contribution in [2.75, 3.05) is 0 Å². The van der Waals surface area contributed by atoms with Gasteiger partial charge >= 0.3 is 0 Å². The molecule has 0 amide bonds. The summed E-state index contributed by atoms with van der Waals surface area (Å²) < 4.78 is 0. The number of unbranched alkanes of at least 4 members (excludes halogenated alkanes) is 2.